The van der Waals surface area contributed by atoms with E-state index in [2.05, 4.69) is 55.4 Å². The van der Waals surface area contributed by atoms with E-state index in [0.29, 0.717) is 37.5 Å². The zero-order valence-electron chi connectivity index (χ0n) is 54.5. The Bertz CT molecular complexity index is 1680. The van der Waals surface area contributed by atoms with Crippen LogP contribution in [-0.4, -0.2) is 96.7 Å². The number of hydrogen-bond acceptors (Lipinski definition) is 15. The van der Waals surface area contributed by atoms with Gasteiger partial charge < -0.3 is 33.8 Å². The molecule has 3 N–H and O–H groups in total. The molecule has 0 rings (SSSR count). The predicted molar refractivity (Wildman–Crippen MR) is 335 cm³/mol. The van der Waals surface area contributed by atoms with Gasteiger partial charge in [-0.1, -0.05) is 261 Å². The minimum Gasteiger partial charge on any atom is -0.462 e. The van der Waals surface area contributed by atoms with E-state index >= 15 is 0 Å². The number of esters is 4. The van der Waals surface area contributed by atoms with Gasteiger partial charge >= 0.3 is 39.5 Å². The number of unbranched alkanes of at least 4 members (excludes halogenated alkanes) is 28. The van der Waals surface area contributed by atoms with E-state index < -0.39 is 97.5 Å². The molecule has 3 unspecified atom stereocenters. The summed E-state index contributed by atoms with van der Waals surface area (Å²) >= 11 is 0. The van der Waals surface area contributed by atoms with Gasteiger partial charge in [-0.15, -0.1) is 0 Å². The Kier molecular flexibility index (Phi) is 53.9. The highest BCUT2D eigenvalue weighted by Gasteiger charge is 2.30. The van der Waals surface area contributed by atoms with Gasteiger partial charge in [0.25, 0.3) is 0 Å². The zero-order valence-corrected chi connectivity index (χ0v) is 56.3. The molecule has 0 fully saturated rings. The van der Waals surface area contributed by atoms with E-state index in [0.717, 1.165) is 108 Å². The minimum absolute atomic E-state index is 0.101. The first kappa shape index (κ1) is 82.1. The number of phosphoric ester groups is 2. The number of phosphoric acid groups is 2. The Morgan fingerprint density at radius 2 is 0.500 bits per heavy atom. The van der Waals surface area contributed by atoms with Gasteiger partial charge in [-0.25, -0.2) is 9.13 Å². The molecule has 0 aliphatic heterocycles. The number of carbonyl (C=O) groups excluding carboxylic acids is 4. The maximum atomic E-state index is 13.0. The highest BCUT2D eigenvalue weighted by molar-refractivity contribution is 7.47. The van der Waals surface area contributed by atoms with Crippen molar-refractivity contribution in [2.75, 3.05) is 39.6 Å². The Morgan fingerprint density at radius 1 is 0.298 bits per heavy atom. The number of aliphatic hydroxyl groups excluding tert-OH is 1. The standard InChI is InChI=1S/C65H126O17P2/c1-55(2)41-33-25-17-12-9-10-14-21-31-39-47-64(69)81-60(51-75-62(67)45-37-29-20-15-11-13-18-26-34-42-56(3)4)53-79-83(71,72)77-49-59(66)50-78-84(73,74)80-54-61(82-65(70)48-40-32-24-23-28-36-44-58(7)8)52-76-63(68)46-38-30-22-16-19-27-35-43-57(5)6/h55-61,66H,9-54H2,1-8H3,(H,71,72)(H,73,74)/t59?,60-,61-/m1/s1. The average Bonchev–Trinajstić information content (AvgIpc) is 3.53. The molecule has 498 valence electrons. The maximum Gasteiger partial charge on any atom is 0.472 e. The Balaban J connectivity index is 5.25. The van der Waals surface area contributed by atoms with Crippen LogP contribution < -0.4 is 0 Å². The summed E-state index contributed by atoms with van der Waals surface area (Å²) in [5.41, 5.74) is 0. The molecule has 0 aliphatic rings. The third-order valence-corrected chi connectivity index (χ3v) is 16.7. The van der Waals surface area contributed by atoms with E-state index in [4.69, 9.17) is 37.0 Å². The van der Waals surface area contributed by atoms with Crippen molar-refractivity contribution in [2.24, 2.45) is 23.7 Å². The number of ether oxygens (including phenoxy) is 4. The van der Waals surface area contributed by atoms with Crippen LogP contribution in [-0.2, 0) is 65.4 Å². The zero-order chi connectivity index (χ0) is 62.5. The van der Waals surface area contributed by atoms with Crippen LogP contribution >= 0.6 is 15.6 Å². The van der Waals surface area contributed by atoms with Crippen molar-refractivity contribution >= 4 is 39.5 Å². The lowest BCUT2D eigenvalue weighted by Gasteiger charge is -2.21. The molecule has 0 aromatic carbocycles. The van der Waals surface area contributed by atoms with E-state index in [1.807, 2.05) is 0 Å². The Hall–Kier alpha value is -1.94. The second-order valence-corrected chi connectivity index (χ2v) is 28.3. The van der Waals surface area contributed by atoms with Gasteiger partial charge in [-0.3, -0.25) is 37.3 Å². The summed E-state index contributed by atoms with van der Waals surface area (Å²) in [5, 5.41) is 10.5. The summed E-state index contributed by atoms with van der Waals surface area (Å²) in [4.78, 5) is 72.2. The van der Waals surface area contributed by atoms with Gasteiger partial charge in [0.05, 0.1) is 26.4 Å². The van der Waals surface area contributed by atoms with Crippen molar-refractivity contribution in [3.63, 3.8) is 0 Å². The molecule has 0 aromatic rings. The highest BCUT2D eigenvalue weighted by atomic mass is 31.2. The normalized spacial score (nSPS) is 14.4. The van der Waals surface area contributed by atoms with Crippen molar-refractivity contribution in [1.29, 1.82) is 0 Å². The number of aliphatic hydroxyl groups is 1. The van der Waals surface area contributed by atoms with Gasteiger partial charge in [0.2, 0.25) is 0 Å². The monoisotopic (exact) mass is 1240 g/mol. The molecule has 0 aliphatic carbocycles. The SMILES string of the molecule is CC(C)CCCCCCCCCCCCC(=O)O[C@H](COC(=O)CCCCCCCCCCCC(C)C)COP(=O)(O)OCC(O)COP(=O)(O)OC[C@@H](COC(=O)CCCCCCCCCC(C)C)OC(=O)CCCCCCCCC(C)C. The quantitative estimate of drug-likeness (QED) is 0.0222. The van der Waals surface area contributed by atoms with Crippen LogP contribution in [0, 0.1) is 23.7 Å². The largest absolute Gasteiger partial charge is 0.472 e. The maximum absolute atomic E-state index is 13.0. The van der Waals surface area contributed by atoms with Crippen LogP contribution in [0.15, 0.2) is 0 Å². The van der Waals surface area contributed by atoms with Crippen molar-refractivity contribution in [1.82, 2.24) is 0 Å². The Labute approximate surface area is 511 Å². The highest BCUT2D eigenvalue weighted by Crippen LogP contribution is 2.45. The molecule has 0 radical (unpaired) electrons. The molecule has 17 nitrogen and oxygen atoms in total. The average molecular weight is 1240 g/mol. The summed E-state index contributed by atoms with van der Waals surface area (Å²) in [5.74, 6) is 0.729. The fourth-order valence-corrected chi connectivity index (χ4v) is 11.2. The summed E-state index contributed by atoms with van der Waals surface area (Å²) in [7, 11) is -9.89. The topological polar surface area (TPSA) is 237 Å². The van der Waals surface area contributed by atoms with Crippen LogP contribution in [0.2, 0.25) is 0 Å². The molecule has 0 amide bonds. The fraction of sp³-hybridized carbons (Fsp3) is 0.938. The van der Waals surface area contributed by atoms with Crippen LogP contribution in [0.25, 0.3) is 0 Å². The molecule has 5 atom stereocenters. The van der Waals surface area contributed by atoms with Crippen LogP contribution in [0.1, 0.15) is 312 Å². The summed E-state index contributed by atoms with van der Waals surface area (Å²) in [6.07, 6.45) is 35.1. The number of carbonyl (C=O) groups is 4. The van der Waals surface area contributed by atoms with Gasteiger partial charge in [0.1, 0.15) is 19.3 Å². The van der Waals surface area contributed by atoms with Crippen LogP contribution in [0.4, 0.5) is 0 Å². The van der Waals surface area contributed by atoms with E-state index in [-0.39, 0.29) is 25.7 Å². The second kappa shape index (κ2) is 55.2. The number of hydrogen-bond donors (Lipinski definition) is 3. The van der Waals surface area contributed by atoms with Gasteiger partial charge in [0.15, 0.2) is 12.2 Å². The molecule has 0 bridgehead atoms. The third-order valence-electron chi connectivity index (χ3n) is 14.8. The fourth-order valence-electron chi connectivity index (χ4n) is 9.61. The van der Waals surface area contributed by atoms with Crippen molar-refractivity contribution in [3.05, 3.63) is 0 Å². The molecule has 0 saturated heterocycles. The smallest absolute Gasteiger partial charge is 0.462 e. The molecular formula is C65H126O17P2. The second-order valence-electron chi connectivity index (χ2n) is 25.4. The third kappa shape index (κ3) is 59.0. The summed E-state index contributed by atoms with van der Waals surface area (Å²) in [6, 6.07) is 0. The number of rotatable bonds is 62. The molecule has 19 heteroatoms. The van der Waals surface area contributed by atoms with E-state index in [1.54, 1.807) is 0 Å². The molecule has 0 heterocycles. The lowest BCUT2D eigenvalue weighted by Crippen LogP contribution is -2.30. The van der Waals surface area contributed by atoms with E-state index in [9.17, 15) is 43.2 Å². The predicted octanol–water partition coefficient (Wildman–Crippen LogP) is 17.8. The first-order chi connectivity index (χ1) is 40.1. The molecule has 0 aromatic heterocycles. The minimum atomic E-state index is -4.95. The lowest BCUT2D eigenvalue weighted by molar-refractivity contribution is -0.161. The van der Waals surface area contributed by atoms with Crippen molar-refractivity contribution in [3.8, 4) is 0 Å². The first-order valence-electron chi connectivity index (χ1n) is 33.7. The van der Waals surface area contributed by atoms with Crippen LogP contribution in [0.5, 0.6) is 0 Å². The van der Waals surface area contributed by atoms with Gasteiger partial charge in [0, 0.05) is 25.7 Å². The summed E-state index contributed by atoms with van der Waals surface area (Å²) in [6.45, 7) is 13.9. The van der Waals surface area contributed by atoms with E-state index in [1.165, 1.54) is 109 Å². The molecule has 0 spiro atoms. The Morgan fingerprint density at radius 3 is 0.738 bits per heavy atom. The first-order valence-corrected chi connectivity index (χ1v) is 36.7. The summed E-state index contributed by atoms with van der Waals surface area (Å²) < 4.78 is 68.0. The van der Waals surface area contributed by atoms with Crippen molar-refractivity contribution in [2.45, 2.75) is 331 Å². The van der Waals surface area contributed by atoms with Gasteiger partial charge in [-0.2, -0.15) is 0 Å². The van der Waals surface area contributed by atoms with Gasteiger partial charge in [-0.05, 0) is 49.4 Å². The lowest BCUT2D eigenvalue weighted by atomic mass is 10.0. The molecular weight excluding hydrogens is 1110 g/mol. The molecule has 84 heavy (non-hydrogen) atoms. The van der Waals surface area contributed by atoms with Crippen LogP contribution in [0.3, 0.4) is 0 Å². The van der Waals surface area contributed by atoms with Crippen molar-refractivity contribution < 1.29 is 80.2 Å². The molecule has 0 saturated carbocycles.